The zero-order chi connectivity index (χ0) is 24.5. The fraction of sp³-hybridized carbons (Fsp3) is 0.292. The van der Waals surface area contributed by atoms with E-state index in [-0.39, 0.29) is 18.9 Å². The number of benzene rings is 2. The van der Waals surface area contributed by atoms with Crippen molar-refractivity contribution in [1.82, 2.24) is 19.8 Å². The lowest BCUT2D eigenvalue weighted by Crippen LogP contribution is -2.34. The molecule has 1 amide bonds. The number of aromatic nitrogens is 2. The van der Waals surface area contributed by atoms with Gasteiger partial charge < -0.3 is 10.4 Å². The van der Waals surface area contributed by atoms with Gasteiger partial charge in [0.25, 0.3) is 17.4 Å². The summed E-state index contributed by atoms with van der Waals surface area (Å²) in [6.45, 7) is -0.342. The first-order chi connectivity index (χ1) is 16.1. The van der Waals surface area contributed by atoms with Crippen LogP contribution in [0.2, 0.25) is 0 Å². The number of hydrogen-bond donors (Lipinski definition) is 2. The van der Waals surface area contributed by atoms with Crippen molar-refractivity contribution in [3.8, 4) is 5.75 Å². The Bertz CT molecular complexity index is 1250. The van der Waals surface area contributed by atoms with Crippen molar-refractivity contribution >= 4 is 5.91 Å². The van der Waals surface area contributed by atoms with Gasteiger partial charge in [-0.3, -0.25) is 19.1 Å². The molecule has 1 saturated heterocycles. The molecule has 0 saturated carbocycles. The maximum atomic E-state index is 14.4. The highest BCUT2D eigenvalue weighted by atomic mass is 19.3. The van der Waals surface area contributed by atoms with Crippen LogP contribution < -0.4 is 10.9 Å². The molecule has 1 fully saturated rings. The lowest BCUT2D eigenvalue weighted by atomic mass is 10.1. The predicted molar refractivity (Wildman–Crippen MR) is 118 cm³/mol. The summed E-state index contributed by atoms with van der Waals surface area (Å²) in [6.07, 6.45) is -0.582. The van der Waals surface area contributed by atoms with Crippen LogP contribution in [0.3, 0.4) is 0 Å². The SMILES string of the molecule is Cn1c([C@@H]2CC(F)(F)CN2Cc2ccccc2)nc(C(=O)NCc2ccc(F)cc2)c(O)c1=O. The van der Waals surface area contributed by atoms with Crippen molar-refractivity contribution in [3.63, 3.8) is 0 Å². The molecular weight excluding hydrogens is 449 g/mol. The van der Waals surface area contributed by atoms with Gasteiger partial charge in [0.1, 0.15) is 11.6 Å². The molecule has 1 aliphatic heterocycles. The number of nitrogens with zero attached hydrogens (tertiary/aromatic N) is 3. The third-order valence-electron chi connectivity index (χ3n) is 5.78. The molecule has 1 atom stereocenters. The minimum Gasteiger partial charge on any atom is -0.501 e. The van der Waals surface area contributed by atoms with Crippen molar-refractivity contribution in [2.45, 2.75) is 31.5 Å². The fourth-order valence-electron chi connectivity index (χ4n) is 4.05. The quantitative estimate of drug-likeness (QED) is 0.576. The second-order valence-electron chi connectivity index (χ2n) is 8.31. The highest BCUT2D eigenvalue weighted by Gasteiger charge is 2.47. The predicted octanol–water partition coefficient (Wildman–Crippen LogP) is 3.14. The first-order valence-corrected chi connectivity index (χ1v) is 10.6. The molecule has 10 heteroatoms. The maximum Gasteiger partial charge on any atom is 0.296 e. The normalized spacial score (nSPS) is 17.6. The van der Waals surface area contributed by atoms with E-state index in [2.05, 4.69) is 10.3 Å². The third-order valence-corrected chi connectivity index (χ3v) is 5.78. The summed E-state index contributed by atoms with van der Waals surface area (Å²) in [7, 11) is 1.32. The highest BCUT2D eigenvalue weighted by molar-refractivity contribution is 5.94. The Morgan fingerprint density at radius 2 is 1.82 bits per heavy atom. The topological polar surface area (TPSA) is 87.5 Å². The molecule has 1 aromatic heterocycles. The number of amides is 1. The molecule has 4 rings (SSSR count). The van der Waals surface area contributed by atoms with Crippen molar-refractivity contribution in [3.05, 3.63) is 93.4 Å². The van der Waals surface area contributed by atoms with E-state index in [9.17, 15) is 27.9 Å². The summed E-state index contributed by atoms with van der Waals surface area (Å²) < 4.78 is 42.9. The summed E-state index contributed by atoms with van der Waals surface area (Å²) in [5.41, 5.74) is -0.0593. The average Bonchev–Trinajstić information content (AvgIpc) is 3.11. The van der Waals surface area contributed by atoms with E-state index in [1.807, 2.05) is 18.2 Å². The van der Waals surface area contributed by atoms with Gasteiger partial charge >= 0.3 is 0 Å². The molecule has 1 aliphatic rings. The van der Waals surface area contributed by atoms with Crippen LogP contribution in [0, 0.1) is 5.82 Å². The Hall–Kier alpha value is -3.66. The van der Waals surface area contributed by atoms with Crippen LogP contribution in [-0.2, 0) is 20.1 Å². The number of halogens is 3. The summed E-state index contributed by atoms with van der Waals surface area (Å²) in [5, 5.41) is 12.8. The monoisotopic (exact) mass is 472 g/mol. The smallest absolute Gasteiger partial charge is 0.296 e. The first kappa shape index (κ1) is 23.5. The molecule has 0 unspecified atom stereocenters. The number of nitrogens with one attached hydrogen (secondary N) is 1. The van der Waals surface area contributed by atoms with Crippen LogP contribution in [0.15, 0.2) is 59.4 Å². The van der Waals surface area contributed by atoms with Crippen LogP contribution in [0.4, 0.5) is 13.2 Å². The molecule has 0 bridgehead atoms. The molecule has 0 radical (unpaired) electrons. The number of rotatable bonds is 6. The summed E-state index contributed by atoms with van der Waals surface area (Å²) in [5.74, 6) is -5.20. The van der Waals surface area contributed by atoms with Crippen LogP contribution in [-0.4, -0.2) is 37.9 Å². The van der Waals surface area contributed by atoms with Crippen LogP contribution in [0.25, 0.3) is 0 Å². The molecule has 2 N–H and O–H groups in total. The Labute approximate surface area is 193 Å². The number of carbonyl (C=O) groups is 1. The van der Waals surface area contributed by atoms with Crippen LogP contribution in [0.1, 0.15) is 39.9 Å². The van der Waals surface area contributed by atoms with Crippen molar-refractivity contribution < 1.29 is 23.1 Å². The number of hydrogen-bond acceptors (Lipinski definition) is 5. The molecule has 2 aromatic carbocycles. The van der Waals surface area contributed by atoms with Crippen molar-refractivity contribution in [2.75, 3.05) is 6.54 Å². The van der Waals surface area contributed by atoms with Crippen LogP contribution >= 0.6 is 0 Å². The van der Waals surface area contributed by atoms with Gasteiger partial charge in [0.15, 0.2) is 5.69 Å². The standard InChI is InChI=1S/C24H23F3N4O3/c1-30-21(18-11-24(26,27)14-31(18)13-16-5-3-2-4-6-16)29-19(20(32)23(30)34)22(33)28-12-15-7-9-17(25)10-8-15/h2-10,18,32H,11-14H2,1H3,(H,28,33)/t18-/m0/s1. The Balaban J connectivity index is 1.63. The lowest BCUT2D eigenvalue weighted by Gasteiger charge is -2.25. The fourth-order valence-corrected chi connectivity index (χ4v) is 4.05. The van der Waals surface area contributed by atoms with Gasteiger partial charge in [0.05, 0.1) is 12.6 Å². The van der Waals surface area contributed by atoms with Crippen molar-refractivity contribution in [2.24, 2.45) is 7.05 Å². The lowest BCUT2D eigenvalue weighted by molar-refractivity contribution is 0.0113. The second kappa shape index (κ2) is 9.30. The second-order valence-corrected chi connectivity index (χ2v) is 8.31. The number of carbonyl (C=O) groups excluding carboxylic acids is 1. The number of aromatic hydroxyl groups is 1. The van der Waals surface area contributed by atoms with Crippen LogP contribution in [0.5, 0.6) is 5.75 Å². The molecule has 2 heterocycles. The third kappa shape index (κ3) is 4.96. The van der Waals surface area contributed by atoms with Crippen molar-refractivity contribution in [1.29, 1.82) is 0 Å². The summed E-state index contributed by atoms with van der Waals surface area (Å²) in [4.78, 5) is 31.0. The molecule has 3 aromatic rings. The maximum absolute atomic E-state index is 14.4. The van der Waals surface area contributed by atoms with Gasteiger partial charge in [-0.25, -0.2) is 18.2 Å². The molecule has 34 heavy (non-hydrogen) atoms. The highest BCUT2D eigenvalue weighted by Crippen LogP contribution is 2.41. The van der Waals surface area contributed by atoms with Gasteiger partial charge in [-0.05, 0) is 23.3 Å². The average molecular weight is 472 g/mol. The summed E-state index contributed by atoms with van der Waals surface area (Å²) in [6, 6.07) is 13.5. The molecule has 0 spiro atoms. The van der Waals surface area contributed by atoms with Gasteiger partial charge in [0.2, 0.25) is 5.75 Å². The van der Waals surface area contributed by atoms with Gasteiger partial charge in [0, 0.05) is 26.6 Å². The number of alkyl halides is 2. The van der Waals surface area contributed by atoms with E-state index in [0.29, 0.717) is 5.56 Å². The molecule has 7 nitrogen and oxygen atoms in total. The molecular formula is C24H23F3N4O3. The zero-order valence-electron chi connectivity index (χ0n) is 18.3. The minimum atomic E-state index is -3.01. The molecule has 178 valence electrons. The largest absolute Gasteiger partial charge is 0.501 e. The van der Waals surface area contributed by atoms with Gasteiger partial charge in [-0.2, -0.15) is 0 Å². The first-order valence-electron chi connectivity index (χ1n) is 10.6. The van der Waals surface area contributed by atoms with Gasteiger partial charge in [-0.1, -0.05) is 42.5 Å². The van der Waals surface area contributed by atoms with E-state index >= 15 is 0 Å². The van der Waals surface area contributed by atoms with E-state index < -0.39 is 53.7 Å². The minimum absolute atomic E-state index is 0.00753. The summed E-state index contributed by atoms with van der Waals surface area (Å²) >= 11 is 0. The van der Waals surface area contributed by atoms with E-state index in [4.69, 9.17) is 0 Å². The number of likely N-dealkylation sites (tertiary alicyclic amines) is 1. The van der Waals surface area contributed by atoms with E-state index in [1.54, 1.807) is 12.1 Å². The zero-order valence-corrected chi connectivity index (χ0v) is 18.3. The Kier molecular flexibility index (Phi) is 6.43. The molecule has 0 aliphatic carbocycles. The van der Waals surface area contributed by atoms with E-state index in [0.717, 1.165) is 10.1 Å². The van der Waals surface area contributed by atoms with E-state index in [1.165, 1.54) is 36.2 Å². The Morgan fingerprint density at radius 1 is 1.15 bits per heavy atom. The Morgan fingerprint density at radius 3 is 2.50 bits per heavy atom. The van der Waals surface area contributed by atoms with Gasteiger partial charge in [-0.15, -0.1) is 0 Å².